The molecule has 0 amide bonds. The van der Waals surface area contributed by atoms with Crippen molar-refractivity contribution in [1.82, 2.24) is 0 Å². The third kappa shape index (κ3) is 0.592. The summed E-state index contributed by atoms with van der Waals surface area (Å²) in [5.74, 6) is 0. The van der Waals surface area contributed by atoms with E-state index in [2.05, 4.69) is 29.8 Å². The van der Waals surface area contributed by atoms with Crippen molar-refractivity contribution in [3.8, 4) is 0 Å². The molecule has 1 saturated heterocycles. The van der Waals surface area contributed by atoms with Crippen LogP contribution in [0.4, 0.5) is 0 Å². The van der Waals surface area contributed by atoms with Gasteiger partial charge in [0.25, 0.3) is 0 Å². The molecule has 0 aromatic rings. The molecule has 2 saturated carbocycles. The Labute approximate surface area is 75.6 Å². The molecule has 1 heterocycles. The Hall–Kier alpha value is 0.440. The van der Waals surface area contributed by atoms with Crippen LogP contribution >= 0.6 is 15.9 Å². The van der Waals surface area contributed by atoms with Crippen molar-refractivity contribution in [1.29, 1.82) is 0 Å². The zero-order valence-electron chi connectivity index (χ0n) is 6.93. The Morgan fingerprint density at radius 3 is 2.09 bits per heavy atom. The second-order valence-electron chi connectivity index (χ2n) is 4.82. The van der Waals surface area contributed by atoms with Crippen LogP contribution in [0, 0.1) is 10.8 Å². The van der Waals surface area contributed by atoms with Crippen LogP contribution in [0.15, 0.2) is 0 Å². The Kier molecular flexibility index (Phi) is 0.977. The van der Waals surface area contributed by atoms with Gasteiger partial charge in [0.05, 0.1) is 12.2 Å². The minimum atomic E-state index is 0.546. The van der Waals surface area contributed by atoms with Gasteiger partial charge in [-0.2, -0.15) is 0 Å². The van der Waals surface area contributed by atoms with Crippen molar-refractivity contribution in [2.24, 2.45) is 10.8 Å². The second-order valence-corrected chi connectivity index (χ2v) is 5.73. The summed E-state index contributed by atoms with van der Waals surface area (Å²) in [5, 5.41) is 0. The molecule has 11 heavy (non-hydrogen) atoms. The zero-order valence-corrected chi connectivity index (χ0v) is 8.52. The molecule has 1 nitrogen and oxygen atoms in total. The SMILES string of the molecule is C[C@]12C[C@@H]3O[C@H]3C[C@]1(C)C2Br. The molecule has 2 aliphatic carbocycles. The molecule has 3 rings (SSSR count). The molecule has 3 aliphatic rings. The van der Waals surface area contributed by atoms with Gasteiger partial charge < -0.3 is 4.74 Å². The summed E-state index contributed by atoms with van der Waals surface area (Å²) in [4.78, 5) is 0.749. The maximum Gasteiger partial charge on any atom is 0.0847 e. The third-order valence-electron chi connectivity index (χ3n) is 4.28. The molecule has 4 atom stereocenters. The molecule has 0 bridgehead atoms. The Morgan fingerprint density at radius 1 is 1.18 bits per heavy atom. The number of hydrogen-bond donors (Lipinski definition) is 0. The molecule has 0 spiro atoms. The van der Waals surface area contributed by atoms with Gasteiger partial charge in [-0.1, -0.05) is 29.8 Å². The summed E-state index contributed by atoms with van der Waals surface area (Å²) in [6.45, 7) is 4.79. The van der Waals surface area contributed by atoms with Crippen LogP contribution in [0.1, 0.15) is 26.7 Å². The Balaban J connectivity index is 1.94. The largest absolute Gasteiger partial charge is 0.370 e. The van der Waals surface area contributed by atoms with Gasteiger partial charge in [-0.15, -0.1) is 0 Å². The monoisotopic (exact) mass is 216 g/mol. The van der Waals surface area contributed by atoms with E-state index >= 15 is 0 Å². The van der Waals surface area contributed by atoms with Crippen LogP contribution in [0.5, 0.6) is 0 Å². The van der Waals surface area contributed by atoms with Crippen LogP contribution < -0.4 is 0 Å². The fraction of sp³-hybridized carbons (Fsp3) is 1.00. The van der Waals surface area contributed by atoms with Crippen LogP contribution in [0.3, 0.4) is 0 Å². The fourth-order valence-corrected chi connectivity index (χ4v) is 4.22. The predicted molar refractivity (Wildman–Crippen MR) is 46.8 cm³/mol. The van der Waals surface area contributed by atoms with Crippen LogP contribution in [0.25, 0.3) is 0 Å². The molecule has 2 heteroatoms. The first-order chi connectivity index (χ1) is 5.08. The first-order valence-electron chi connectivity index (χ1n) is 4.37. The maximum absolute atomic E-state index is 5.54. The van der Waals surface area contributed by atoms with Gasteiger partial charge in [0.1, 0.15) is 0 Å². The molecule has 62 valence electrons. The van der Waals surface area contributed by atoms with E-state index in [9.17, 15) is 0 Å². The third-order valence-corrected chi connectivity index (χ3v) is 6.30. The van der Waals surface area contributed by atoms with E-state index < -0.39 is 0 Å². The van der Waals surface area contributed by atoms with Gasteiger partial charge in [0.2, 0.25) is 0 Å². The van der Waals surface area contributed by atoms with Crippen LogP contribution in [-0.2, 0) is 4.74 Å². The smallest absolute Gasteiger partial charge is 0.0847 e. The number of hydrogen-bond acceptors (Lipinski definition) is 1. The minimum absolute atomic E-state index is 0.546. The first kappa shape index (κ1) is 6.90. The van der Waals surface area contributed by atoms with E-state index in [0.717, 1.165) is 4.83 Å². The highest BCUT2D eigenvalue weighted by Crippen LogP contribution is 2.76. The summed E-state index contributed by atoms with van der Waals surface area (Å²) in [7, 11) is 0. The molecule has 3 fully saturated rings. The van der Waals surface area contributed by atoms with Crippen molar-refractivity contribution < 1.29 is 4.74 Å². The Morgan fingerprint density at radius 2 is 1.64 bits per heavy atom. The quantitative estimate of drug-likeness (QED) is 0.448. The van der Waals surface area contributed by atoms with E-state index in [-0.39, 0.29) is 0 Å². The minimum Gasteiger partial charge on any atom is -0.370 e. The van der Waals surface area contributed by atoms with E-state index in [1.807, 2.05) is 0 Å². The highest BCUT2D eigenvalue weighted by Gasteiger charge is 2.75. The van der Waals surface area contributed by atoms with E-state index in [1.54, 1.807) is 0 Å². The van der Waals surface area contributed by atoms with Crippen molar-refractivity contribution in [2.75, 3.05) is 0 Å². The lowest BCUT2D eigenvalue weighted by molar-refractivity contribution is 0.309. The average molecular weight is 217 g/mol. The number of fused-ring (bicyclic) bond motifs is 2. The Bertz CT molecular complexity index is 208. The van der Waals surface area contributed by atoms with Gasteiger partial charge in [-0.05, 0) is 23.7 Å². The van der Waals surface area contributed by atoms with Crippen LogP contribution in [0.2, 0.25) is 0 Å². The summed E-state index contributed by atoms with van der Waals surface area (Å²) >= 11 is 3.78. The van der Waals surface area contributed by atoms with Crippen molar-refractivity contribution in [2.45, 2.75) is 43.7 Å². The fourth-order valence-electron chi connectivity index (χ4n) is 2.93. The predicted octanol–water partition coefficient (Wildman–Crippen LogP) is 2.34. The van der Waals surface area contributed by atoms with Gasteiger partial charge in [0.15, 0.2) is 0 Å². The molecule has 0 radical (unpaired) electrons. The summed E-state index contributed by atoms with van der Waals surface area (Å²) in [5.41, 5.74) is 1.09. The molecular formula is C9H13BrO. The molecule has 0 N–H and O–H groups in total. The number of alkyl halides is 1. The van der Waals surface area contributed by atoms with Crippen molar-refractivity contribution in [3.05, 3.63) is 0 Å². The van der Waals surface area contributed by atoms with Gasteiger partial charge in [0, 0.05) is 4.83 Å². The number of ether oxygens (including phenoxy) is 1. The lowest BCUT2D eigenvalue weighted by atomic mass is 9.82. The molecular weight excluding hydrogens is 204 g/mol. The summed E-state index contributed by atoms with van der Waals surface area (Å²) in [6, 6.07) is 0. The lowest BCUT2D eigenvalue weighted by Gasteiger charge is -2.19. The second kappa shape index (κ2) is 1.56. The molecule has 0 aromatic carbocycles. The zero-order chi connectivity index (χ0) is 7.85. The highest BCUT2D eigenvalue weighted by molar-refractivity contribution is 9.09. The lowest BCUT2D eigenvalue weighted by Crippen LogP contribution is -2.19. The standard InChI is InChI=1S/C9H13BrO/c1-8-3-5-6(11-5)4-9(8,2)7(8)10/h5-7H,3-4H2,1-2H3/t5-,6-,8+,9+/m0/s1. The highest BCUT2D eigenvalue weighted by atomic mass is 79.9. The summed E-state index contributed by atoms with van der Waals surface area (Å²) < 4.78 is 5.54. The maximum atomic E-state index is 5.54. The van der Waals surface area contributed by atoms with Gasteiger partial charge in [-0.3, -0.25) is 0 Å². The number of halogens is 1. The van der Waals surface area contributed by atoms with Gasteiger partial charge >= 0.3 is 0 Å². The van der Waals surface area contributed by atoms with Gasteiger partial charge in [-0.25, -0.2) is 0 Å². The molecule has 1 aliphatic heterocycles. The van der Waals surface area contributed by atoms with Crippen molar-refractivity contribution >= 4 is 15.9 Å². The van der Waals surface area contributed by atoms with E-state index in [0.29, 0.717) is 23.0 Å². The topological polar surface area (TPSA) is 12.5 Å². The average Bonchev–Trinajstić information content (AvgIpc) is 2.73. The van der Waals surface area contributed by atoms with E-state index in [4.69, 9.17) is 4.74 Å². The summed E-state index contributed by atoms with van der Waals surface area (Å²) in [6.07, 6.45) is 3.81. The number of epoxide rings is 1. The molecule has 0 aromatic heterocycles. The number of rotatable bonds is 0. The van der Waals surface area contributed by atoms with E-state index in [1.165, 1.54) is 12.8 Å². The van der Waals surface area contributed by atoms with Crippen molar-refractivity contribution in [3.63, 3.8) is 0 Å². The first-order valence-corrected chi connectivity index (χ1v) is 5.29. The van der Waals surface area contributed by atoms with Crippen LogP contribution in [-0.4, -0.2) is 17.0 Å². The molecule has 0 unspecified atom stereocenters. The normalized spacial score (nSPS) is 71.7.